The fourth-order valence-electron chi connectivity index (χ4n) is 4.36. The van der Waals surface area contributed by atoms with E-state index in [0.717, 1.165) is 61.1 Å². The van der Waals surface area contributed by atoms with E-state index in [9.17, 15) is 0 Å². The number of hydrogen-bond acceptors (Lipinski definition) is 5. The second kappa shape index (κ2) is 7.03. The highest BCUT2D eigenvalue weighted by atomic mass is 16.5. The first-order valence-corrected chi connectivity index (χ1v) is 10.3. The Bertz CT molecular complexity index is 770. The summed E-state index contributed by atoms with van der Waals surface area (Å²) in [6.45, 7) is 3.03. The summed E-state index contributed by atoms with van der Waals surface area (Å²) in [6, 6.07) is 8.65. The molecule has 2 saturated heterocycles. The zero-order chi connectivity index (χ0) is 17.3. The first-order chi connectivity index (χ1) is 12.9. The monoisotopic (exact) mass is 352 g/mol. The highest BCUT2D eigenvalue weighted by Crippen LogP contribution is 2.39. The van der Waals surface area contributed by atoms with Crippen molar-refractivity contribution in [1.82, 2.24) is 9.97 Å². The van der Waals surface area contributed by atoms with E-state index >= 15 is 0 Å². The maximum Gasteiger partial charge on any atom is 0.172 e. The maximum atomic E-state index is 6.00. The third-order valence-corrected chi connectivity index (χ3v) is 6.01. The highest BCUT2D eigenvalue weighted by Gasteiger charge is 2.36. The minimum atomic E-state index is 0.438. The fourth-order valence-corrected chi connectivity index (χ4v) is 4.36. The smallest absolute Gasteiger partial charge is 0.172 e. The summed E-state index contributed by atoms with van der Waals surface area (Å²) in [7, 11) is 0. The second-order valence-electron chi connectivity index (χ2n) is 8.04. The van der Waals surface area contributed by atoms with Crippen LogP contribution in [0.1, 0.15) is 44.9 Å². The Labute approximate surface area is 155 Å². The Hall–Kier alpha value is -1.88. The third kappa shape index (κ3) is 3.37. The van der Waals surface area contributed by atoms with Gasteiger partial charge in [-0.15, -0.1) is 0 Å². The molecule has 2 unspecified atom stereocenters. The minimum absolute atomic E-state index is 0.438. The van der Waals surface area contributed by atoms with E-state index in [1.54, 1.807) is 0 Å². The summed E-state index contributed by atoms with van der Waals surface area (Å²) in [5.74, 6) is 2.80. The van der Waals surface area contributed by atoms with Crippen molar-refractivity contribution in [2.75, 3.05) is 29.9 Å². The number of piperidine rings is 1. The van der Waals surface area contributed by atoms with Crippen LogP contribution in [0.15, 0.2) is 24.3 Å². The molecule has 3 fully saturated rings. The predicted molar refractivity (Wildman–Crippen MR) is 105 cm³/mol. The van der Waals surface area contributed by atoms with Crippen molar-refractivity contribution in [2.24, 2.45) is 5.92 Å². The molecule has 3 aliphatic rings. The lowest BCUT2D eigenvalue weighted by Gasteiger charge is -2.33. The molecule has 5 rings (SSSR count). The molecule has 1 aromatic carbocycles. The van der Waals surface area contributed by atoms with Crippen LogP contribution in [0.3, 0.4) is 0 Å². The summed E-state index contributed by atoms with van der Waals surface area (Å²) >= 11 is 0. The Morgan fingerprint density at radius 3 is 2.50 bits per heavy atom. The van der Waals surface area contributed by atoms with Gasteiger partial charge in [0.15, 0.2) is 11.6 Å². The molecule has 138 valence electrons. The molecular weight excluding hydrogens is 324 g/mol. The zero-order valence-corrected chi connectivity index (χ0v) is 15.4. The number of ether oxygens (including phenoxy) is 1. The van der Waals surface area contributed by atoms with Gasteiger partial charge in [0.2, 0.25) is 0 Å². The van der Waals surface area contributed by atoms with Gasteiger partial charge in [-0.25, -0.2) is 9.97 Å². The average Bonchev–Trinajstić information content (AvgIpc) is 3.54. The van der Waals surface area contributed by atoms with Crippen molar-refractivity contribution >= 4 is 22.7 Å². The summed E-state index contributed by atoms with van der Waals surface area (Å²) < 4.78 is 6.00. The van der Waals surface area contributed by atoms with Crippen molar-refractivity contribution < 1.29 is 4.74 Å². The molecule has 26 heavy (non-hydrogen) atoms. The number of fused-ring (bicyclic) bond motifs is 1. The molecule has 1 aliphatic carbocycles. The van der Waals surface area contributed by atoms with Crippen LogP contribution in [0.4, 0.5) is 11.6 Å². The van der Waals surface area contributed by atoms with Crippen LogP contribution in [0.5, 0.6) is 0 Å². The van der Waals surface area contributed by atoms with Gasteiger partial charge in [-0.1, -0.05) is 12.1 Å². The molecule has 5 nitrogen and oxygen atoms in total. The number of anilines is 2. The van der Waals surface area contributed by atoms with Gasteiger partial charge in [-0.05, 0) is 63.0 Å². The van der Waals surface area contributed by atoms with Crippen molar-refractivity contribution in [2.45, 2.75) is 57.1 Å². The Balaban J connectivity index is 1.44. The van der Waals surface area contributed by atoms with Gasteiger partial charge in [0.25, 0.3) is 0 Å². The van der Waals surface area contributed by atoms with E-state index in [1.807, 2.05) is 12.1 Å². The number of rotatable bonds is 4. The van der Waals surface area contributed by atoms with Crippen molar-refractivity contribution in [3.05, 3.63) is 24.3 Å². The van der Waals surface area contributed by atoms with Crippen LogP contribution in [-0.4, -0.2) is 41.8 Å². The molecule has 2 aliphatic heterocycles. The number of benzene rings is 1. The third-order valence-electron chi connectivity index (χ3n) is 6.01. The van der Waals surface area contributed by atoms with Crippen molar-refractivity contribution in [3.8, 4) is 0 Å². The Morgan fingerprint density at radius 2 is 1.73 bits per heavy atom. The lowest BCUT2D eigenvalue weighted by Crippen LogP contribution is -2.37. The molecule has 2 atom stereocenters. The summed E-state index contributed by atoms with van der Waals surface area (Å²) in [4.78, 5) is 12.4. The van der Waals surface area contributed by atoms with Crippen LogP contribution >= 0.6 is 0 Å². The first-order valence-electron chi connectivity index (χ1n) is 10.3. The van der Waals surface area contributed by atoms with Gasteiger partial charge in [0.05, 0.1) is 17.1 Å². The van der Waals surface area contributed by atoms with Crippen molar-refractivity contribution in [3.63, 3.8) is 0 Å². The van der Waals surface area contributed by atoms with E-state index in [4.69, 9.17) is 14.7 Å². The van der Waals surface area contributed by atoms with E-state index in [1.165, 1.54) is 32.1 Å². The Kier molecular flexibility index (Phi) is 4.41. The van der Waals surface area contributed by atoms with Gasteiger partial charge >= 0.3 is 0 Å². The minimum Gasteiger partial charge on any atom is -0.378 e. The molecular formula is C21H28N4O. The van der Waals surface area contributed by atoms with Crippen LogP contribution < -0.4 is 10.2 Å². The van der Waals surface area contributed by atoms with Gasteiger partial charge in [0.1, 0.15) is 0 Å². The topological polar surface area (TPSA) is 50.3 Å². The molecule has 1 aromatic heterocycles. The fraction of sp³-hybridized carbons (Fsp3) is 0.619. The predicted octanol–water partition coefficient (Wildman–Crippen LogP) is 3.99. The highest BCUT2D eigenvalue weighted by molar-refractivity contribution is 5.80. The molecule has 5 heteroatoms. The molecule has 0 bridgehead atoms. The number of nitrogens with one attached hydrogen (secondary N) is 1. The van der Waals surface area contributed by atoms with E-state index < -0.39 is 0 Å². The quantitative estimate of drug-likeness (QED) is 0.902. The molecule has 0 radical (unpaired) electrons. The number of hydrogen-bond donors (Lipinski definition) is 1. The van der Waals surface area contributed by atoms with Gasteiger partial charge in [-0.2, -0.15) is 0 Å². The number of nitrogens with zero attached hydrogens (tertiary/aromatic N) is 3. The number of para-hydroxylation sites is 2. The molecule has 0 amide bonds. The van der Waals surface area contributed by atoms with Gasteiger partial charge in [0, 0.05) is 25.7 Å². The van der Waals surface area contributed by atoms with Gasteiger partial charge in [-0.3, -0.25) is 0 Å². The lowest BCUT2D eigenvalue weighted by atomic mass is 10.00. The normalized spacial score (nSPS) is 26.8. The van der Waals surface area contributed by atoms with Crippen LogP contribution in [0.25, 0.3) is 11.0 Å². The average molecular weight is 352 g/mol. The van der Waals surface area contributed by atoms with Crippen LogP contribution in [0.2, 0.25) is 0 Å². The summed E-state index contributed by atoms with van der Waals surface area (Å²) in [6.07, 6.45) is 9.08. The summed E-state index contributed by atoms with van der Waals surface area (Å²) in [5, 5.41) is 3.76. The first kappa shape index (κ1) is 16.3. The molecule has 3 heterocycles. The molecule has 0 spiro atoms. The molecule has 1 N–H and O–H groups in total. The zero-order valence-electron chi connectivity index (χ0n) is 15.4. The van der Waals surface area contributed by atoms with Crippen LogP contribution in [0, 0.1) is 5.92 Å². The lowest BCUT2D eigenvalue weighted by molar-refractivity contribution is -0.00222. The van der Waals surface area contributed by atoms with E-state index in [2.05, 4.69) is 22.3 Å². The van der Waals surface area contributed by atoms with Crippen LogP contribution in [-0.2, 0) is 4.74 Å². The SMILES string of the molecule is c1ccc2nc(N3CCCCC3)c(NC3CCOC(C4CC4)C3)nc2c1. The summed E-state index contributed by atoms with van der Waals surface area (Å²) in [5.41, 5.74) is 1.96. The van der Waals surface area contributed by atoms with E-state index in [0.29, 0.717) is 12.1 Å². The van der Waals surface area contributed by atoms with Crippen molar-refractivity contribution in [1.29, 1.82) is 0 Å². The van der Waals surface area contributed by atoms with Gasteiger partial charge < -0.3 is 15.0 Å². The largest absolute Gasteiger partial charge is 0.378 e. The number of aromatic nitrogens is 2. The Morgan fingerprint density at radius 1 is 0.962 bits per heavy atom. The second-order valence-corrected chi connectivity index (χ2v) is 8.04. The molecule has 1 saturated carbocycles. The maximum absolute atomic E-state index is 6.00. The molecule has 2 aromatic rings. The standard InChI is InChI=1S/C21H28N4O/c1-4-11-25(12-5-1)21-20(23-17-6-2-3-7-18(17)24-21)22-16-10-13-26-19(14-16)15-8-9-15/h2-3,6-7,15-16,19H,1,4-5,8-14H2,(H,22,23). The van der Waals surface area contributed by atoms with E-state index in [-0.39, 0.29) is 0 Å².